The Balaban J connectivity index is 2.29. The molecule has 1 heterocycles. The van der Waals surface area contributed by atoms with Crippen molar-refractivity contribution in [3.05, 3.63) is 17.0 Å². The first-order valence-electron chi connectivity index (χ1n) is 6.52. The predicted octanol–water partition coefficient (Wildman–Crippen LogP) is 2.83. The van der Waals surface area contributed by atoms with Crippen molar-refractivity contribution >= 4 is 0 Å². The zero-order valence-electron chi connectivity index (χ0n) is 12.2. The largest absolute Gasteiger partial charge is 0.315 e. The van der Waals surface area contributed by atoms with Gasteiger partial charge in [-0.1, -0.05) is 20.8 Å². The van der Waals surface area contributed by atoms with Crippen LogP contribution >= 0.6 is 0 Å². The Morgan fingerprint density at radius 2 is 1.76 bits per heavy atom. The first kappa shape index (κ1) is 14.2. The van der Waals surface area contributed by atoms with Gasteiger partial charge in [0.25, 0.3) is 0 Å². The molecule has 3 heteroatoms. The number of hydrogen-bond donors (Lipinski definition) is 1. The van der Waals surface area contributed by atoms with Crippen LogP contribution in [0.25, 0.3) is 0 Å². The number of hydrogen-bond acceptors (Lipinski definition) is 2. The Kier molecular flexibility index (Phi) is 4.75. The molecule has 0 fully saturated rings. The minimum absolute atomic E-state index is 0.418. The number of aromatic nitrogens is 2. The van der Waals surface area contributed by atoms with Gasteiger partial charge < -0.3 is 5.32 Å². The Morgan fingerprint density at radius 3 is 2.24 bits per heavy atom. The fourth-order valence-corrected chi connectivity index (χ4v) is 1.78. The van der Waals surface area contributed by atoms with Crippen LogP contribution in [-0.2, 0) is 6.54 Å². The third kappa shape index (κ3) is 4.50. The van der Waals surface area contributed by atoms with E-state index in [1.165, 1.54) is 17.7 Å². The molecule has 1 rings (SSSR count). The SMILES string of the molecule is Cc1nn(CCNCCC(C)(C)C)c(C)c1C. The third-order valence-corrected chi connectivity index (χ3v) is 3.30. The number of rotatable bonds is 5. The zero-order valence-corrected chi connectivity index (χ0v) is 12.2. The summed E-state index contributed by atoms with van der Waals surface area (Å²) in [7, 11) is 0. The van der Waals surface area contributed by atoms with Crippen molar-refractivity contribution < 1.29 is 0 Å². The summed E-state index contributed by atoms with van der Waals surface area (Å²) in [6, 6.07) is 0. The highest BCUT2D eigenvalue weighted by Crippen LogP contribution is 2.16. The van der Waals surface area contributed by atoms with Gasteiger partial charge in [-0.15, -0.1) is 0 Å². The molecule has 0 saturated carbocycles. The van der Waals surface area contributed by atoms with Crippen molar-refractivity contribution in [3.8, 4) is 0 Å². The van der Waals surface area contributed by atoms with Crippen LogP contribution in [0, 0.1) is 26.2 Å². The lowest BCUT2D eigenvalue weighted by atomic mass is 9.92. The molecule has 3 nitrogen and oxygen atoms in total. The molecule has 1 aromatic rings. The van der Waals surface area contributed by atoms with E-state index in [-0.39, 0.29) is 0 Å². The fraction of sp³-hybridized carbons (Fsp3) is 0.786. The Hall–Kier alpha value is -0.830. The summed E-state index contributed by atoms with van der Waals surface area (Å²) in [4.78, 5) is 0. The summed E-state index contributed by atoms with van der Waals surface area (Å²) in [5.41, 5.74) is 4.18. The minimum atomic E-state index is 0.418. The zero-order chi connectivity index (χ0) is 13.1. The van der Waals surface area contributed by atoms with Gasteiger partial charge in [0.15, 0.2) is 0 Å². The highest BCUT2D eigenvalue weighted by Gasteiger charge is 2.09. The number of aryl methyl sites for hydroxylation is 1. The molecule has 0 unspecified atom stereocenters. The average Bonchev–Trinajstić information content (AvgIpc) is 2.44. The Labute approximate surface area is 106 Å². The monoisotopic (exact) mass is 237 g/mol. The van der Waals surface area contributed by atoms with Crippen LogP contribution in [0.3, 0.4) is 0 Å². The van der Waals surface area contributed by atoms with Gasteiger partial charge in [0, 0.05) is 12.2 Å². The van der Waals surface area contributed by atoms with Crippen molar-refractivity contribution in [3.63, 3.8) is 0 Å². The molecule has 0 amide bonds. The summed E-state index contributed by atoms with van der Waals surface area (Å²) in [6.45, 7) is 16.2. The summed E-state index contributed by atoms with van der Waals surface area (Å²) in [6.07, 6.45) is 1.21. The van der Waals surface area contributed by atoms with Gasteiger partial charge in [0.2, 0.25) is 0 Å². The Morgan fingerprint density at radius 1 is 1.12 bits per heavy atom. The summed E-state index contributed by atoms with van der Waals surface area (Å²) in [5.74, 6) is 0. The van der Waals surface area contributed by atoms with Crippen LogP contribution in [0.15, 0.2) is 0 Å². The van der Waals surface area contributed by atoms with Crippen LogP contribution in [0.4, 0.5) is 0 Å². The van der Waals surface area contributed by atoms with Crippen LogP contribution < -0.4 is 5.32 Å². The molecule has 0 atom stereocenters. The molecular formula is C14H27N3. The van der Waals surface area contributed by atoms with Crippen LogP contribution in [0.5, 0.6) is 0 Å². The van der Waals surface area contributed by atoms with Crippen LogP contribution in [0.1, 0.15) is 44.1 Å². The molecule has 0 spiro atoms. The number of nitrogens with zero attached hydrogens (tertiary/aromatic N) is 2. The molecule has 0 aliphatic rings. The second-order valence-electron chi connectivity index (χ2n) is 6.08. The maximum absolute atomic E-state index is 4.53. The maximum atomic E-state index is 4.53. The normalized spacial score (nSPS) is 12.1. The van der Waals surface area contributed by atoms with E-state index < -0.39 is 0 Å². The highest BCUT2D eigenvalue weighted by molar-refractivity contribution is 5.22. The standard InChI is InChI=1S/C14H27N3/c1-11-12(2)16-17(13(11)3)10-9-15-8-7-14(4,5)6/h15H,7-10H2,1-6H3. The molecule has 0 saturated heterocycles. The first-order valence-corrected chi connectivity index (χ1v) is 6.52. The van der Waals surface area contributed by atoms with E-state index in [4.69, 9.17) is 0 Å². The summed E-state index contributed by atoms with van der Waals surface area (Å²) < 4.78 is 2.11. The molecule has 1 N–H and O–H groups in total. The average molecular weight is 237 g/mol. The molecule has 98 valence electrons. The van der Waals surface area contributed by atoms with E-state index in [0.29, 0.717) is 5.41 Å². The van der Waals surface area contributed by atoms with Crippen molar-refractivity contribution in [1.82, 2.24) is 15.1 Å². The molecular weight excluding hydrogens is 210 g/mol. The van der Waals surface area contributed by atoms with Crippen molar-refractivity contribution in [2.45, 2.75) is 54.5 Å². The Bertz CT molecular complexity index is 358. The third-order valence-electron chi connectivity index (χ3n) is 3.30. The lowest BCUT2D eigenvalue weighted by Gasteiger charge is -2.18. The number of nitrogens with one attached hydrogen (secondary N) is 1. The topological polar surface area (TPSA) is 29.9 Å². The van der Waals surface area contributed by atoms with Gasteiger partial charge in [-0.25, -0.2) is 0 Å². The lowest BCUT2D eigenvalue weighted by Crippen LogP contribution is -2.25. The van der Waals surface area contributed by atoms with E-state index in [1.807, 2.05) is 0 Å². The van der Waals surface area contributed by atoms with Gasteiger partial charge >= 0.3 is 0 Å². The van der Waals surface area contributed by atoms with Gasteiger partial charge in [-0.3, -0.25) is 4.68 Å². The van der Waals surface area contributed by atoms with Crippen molar-refractivity contribution in [2.24, 2.45) is 5.41 Å². The highest BCUT2D eigenvalue weighted by atomic mass is 15.3. The predicted molar refractivity (Wildman–Crippen MR) is 73.4 cm³/mol. The molecule has 17 heavy (non-hydrogen) atoms. The van der Waals surface area contributed by atoms with Gasteiger partial charge in [0.1, 0.15) is 0 Å². The van der Waals surface area contributed by atoms with Crippen molar-refractivity contribution in [1.29, 1.82) is 0 Å². The van der Waals surface area contributed by atoms with E-state index >= 15 is 0 Å². The van der Waals surface area contributed by atoms with Crippen LogP contribution in [-0.4, -0.2) is 22.9 Å². The second-order valence-corrected chi connectivity index (χ2v) is 6.08. The second kappa shape index (κ2) is 5.67. The van der Waals surface area contributed by atoms with E-state index in [9.17, 15) is 0 Å². The maximum Gasteiger partial charge on any atom is 0.0625 e. The lowest BCUT2D eigenvalue weighted by molar-refractivity contribution is 0.364. The van der Waals surface area contributed by atoms with E-state index in [2.05, 4.69) is 56.6 Å². The smallest absolute Gasteiger partial charge is 0.0625 e. The molecule has 0 aromatic carbocycles. The fourth-order valence-electron chi connectivity index (χ4n) is 1.78. The van der Waals surface area contributed by atoms with Gasteiger partial charge in [-0.2, -0.15) is 5.10 Å². The van der Waals surface area contributed by atoms with Gasteiger partial charge in [0.05, 0.1) is 12.2 Å². The van der Waals surface area contributed by atoms with E-state index in [0.717, 1.165) is 25.3 Å². The molecule has 0 aliphatic carbocycles. The molecule has 0 radical (unpaired) electrons. The quantitative estimate of drug-likeness (QED) is 0.798. The molecule has 0 bridgehead atoms. The van der Waals surface area contributed by atoms with Crippen LogP contribution in [0.2, 0.25) is 0 Å². The minimum Gasteiger partial charge on any atom is -0.315 e. The van der Waals surface area contributed by atoms with Crippen molar-refractivity contribution in [2.75, 3.05) is 13.1 Å². The van der Waals surface area contributed by atoms with E-state index in [1.54, 1.807) is 0 Å². The first-order chi connectivity index (χ1) is 7.81. The molecule has 0 aliphatic heterocycles. The van der Waals surface area contributed by atoms with Gasteiger partial charge in [-0.05, 0) is 44.7 Å². The molecule has 1 aromatic heterocycles. The summed E-state index contributed by atoms with van der Waals surface area (Å²) in [5, 5.41) is 8.02. The summed E-state index contributed by atoms with van der Waals surface area (Å²) >= 11 is 0.